The zero-order chi connectivity index (χ0) is 42.0. The van der Waals surface area contributed by atoms with Crippen molar-refractivity contribution in [3.63, 3.8) is 0 Å². The molecular weight excluding hydrogens is 745 g/mol. The highest BCUT2D eigenvalue weighted by atomic mass is 16.6. The number of aldehydes is 1. The maximum absolute atomic E-state index is 10.0. The van der Waals surface area contributed by atoms with Crippen molar-refractivity contribution >= 4 is 61.5 Å². The number of nitrogens with zero attached hydrogens (tertiary/aromatic N) is 2. The van der Waals surface area contributed by atoms with Gasteiger partial charge in [0.1, 0.15) is 6.29 Å². The number of carbonyl (C=O) groups is 1. The molecule has 6 aromatic carbocycles. The molecule has 0 aliphatic carbocycles. The van der Waals surface area contributed by atoms with Crippen molar-refractivity contribution in [2.45, 2.75) is 25.0 Å². The fraction of sp³-hybridized carbons (Fsp3) is 0.0889. The Hall–Kier alpha value is -6.38. The summed E-state index contributed by atoms with van der Waals surface area (Å²) in [4.78, 5) is 20.9. The van der Waals surface area contributed by atoms with Crippen LogP contribution < -0.4 is 16.4 Å². The largest absolute Gasteiger partial charge is 0.488 e. The first-order valence-corrected chi connectivity index (χ1v) is 18.7. The average molecular weight is 788 g/mol. The van der Waals surface area contributed by atoms with Gasteiger partial charge >= 0.3 is 21.4 Å². The summed E-state index contributed by atoms with van der Waals surface area (Å²) in [6, 6.07) is 49.9. The molecular formula is C45H43B3N2O9. The fourth-order valence-electron chi connectivity index (χ4n) is 5.82. The summed E-state index contributed by atoms with van der Waals surface area (Å²) < 4.78 is 0. The lowest BCUT2D eigenvalue weighted by Gasteiger charge is -2.09. The molecule has 2 atom stereocenters. The topological polar surface area (TPSA) is 182 Å². The van der Waals surface area contributed by atoms with E-state index in [1.54, 1.807) is 66.7 Å². The van der Waals surface area contributed by atoms with Gasteiger partial charge < -0.3 is 39.8 Å². The van der Waals surface area contributed by atoms with Crippen molar-refractivity contribution in [2.24, 2.45) is 10.3 Å². The Labute approximate surface area is 344 Å². The molecule has 2 aliphatic rings. The zero-order valence-corrected chi connectivity index (χ0v) is 32.1. The van der Waals surface area contributed by atoms with Crippen LogP contribution in [0.25, 0.3) is 6.08 Å². The predicted octanol–water partition coefficient (Wildman–Crippen LogP) is 3.97. The molecule has 0 saturated heterocycles. The Morgan fingerprint density at radius 1 is 0.475 bits per heavy atom. The number of hydrogen-bond acceptors (Lipinski definition) is 11. The summed E-state index contributed by atoms with van der Waals surface area (Å²) in [6.07, 6.45) is 3.73. The van der Waals surface area contributed by atoms with Crippen molar-refractivity contribution in [3.8, 4) is 0 Å². The van der Waals surface area contributed by atoms with Crippen molar-refractivity contribution in [1.29, 1.82) is 0 Å². The van der Waals surface area contributed by atoms with Crippen LogP contribution in [-0.4, -0.2) is 69.2 Å². The number of oxime groups is 2. The van der Waals surface area contributed by atoms with Gasteiger partial charge in [0.2, 0.25) is 0 Å². The van der Waals surface area contributed by atoms with Gasteiger partial charge in [0.05, 0.1) is 11.4 Å². The predicted molar refractivity (Wildman–Crippen MR) is 234 cm³/mol. The minimum atomic E-state index is -1.44. The van der Waals surface area contributed by atoms with E-state index in [0.717, 1.165) is 51.1 Å². The molecule has 2 unspecified atom stereocenters. The Bertz CT molecular complexity index is 2130. The molecule has 6 aromatic rings. The van der Waals surface area contributed by atoms with E-state index in [9.17, 15) is 4.79 Å². The average Bonchev–Trinajstić information content (AvgIpc) is 4.00. The number of rotatable bonds is 9. The molecule has 0 aromatic heterocycles. The third kappa shape index (κ3) is 13.3. The molecule has 0 saturated carbocycles. The molecule has 59 heavy (non-hydrogen) atoms. The van der Waals surface area contributed by atoms with Gasteiger partial charge in [-0.05, 0) is 44.2 Å². The van der Waals surface area contributed by atoms with Crippen molar-refractivity contribution < 1.29 is 44.6 Å². The third-order valence-corrected chi connectivity index (χ3v) is 9.17. The number of hydrogen-bond donors (Lipinski definition) is 6. The molecule has 2 aliphatic heterocycles. The molecule has 2 heterocycles. The van der Waals surface area contributed by atoms with Gasteiger partial charge in [-0.25, -0.2) is 0 Å². The normalized spacial score (nSPS) is 14.7. The van der Waals surface area contributed by atoms with E-state index in [1.807, 2.05) is 103 Å². The molecule has 0 fully saturated rings. The fourth-order valence-corrected chi connectivity index (χ4v) is 5.82. The van der Waals surface area contributed by atoms with E-state index in [0.29, 0.717) is 29.2 Å². The molecule has 8 rings (SSSR count). The highest BCUT2D eigenvalue weighted by Gasteiger charge is 2.25. The Kier molecular flexibility index (Phi) is 16.7. The first kappa shape index (κ1) is 43.7. The lowest BCUT2D eigenvalue weighted by atomic mass is 9.80. The third-order valence-electron chi connectivity index (χ3n) is 9.17. The Morgan fingerprint density at radius 3 is 1.12 bits per heavy atom. The molecule has 0 spiro atoms. The maximum atomic E-state index is 10.0. The minimum absolute atomic E-state index is 0.116. The van der Waals surface area contributed by atoms with Gasteiger partial charge in [-0.15, -0.1) is 0 Å². The van der Waals surface area contributed by atoms with E-state index >= 15 is 0 Å². The van der Waals surface area contributed by atoms with Crippen LogP contribution in [0.2, 0.25) is 0 Å². The molecule has 0 amide bonds. The van der Waals surface area contributed by atoms with Crippen LogP contribution in [0, 0.1) is 0 Å². The smallest absolute Gasteiger partial charge is 0.423 e. The Morgan fingerprint density at radius 2 is 0.814 bits per heavy atom. The number of benzene rings is 6. The van der Waals surface area contributed by atoms with Gasteiger partial charge in [-0.1, -0.05) is 187 Å². The standard InChI is InChI=1S/2C15H14BNO3.C8H9BO2.C7H6O/c2*18-16(19)13-8-6-12(7-9-13)15-10-14(17-20-15)11-4-2-1-3-5-11;1-2-7-3-5-8(6-4-7)9(10)11;8-6-7-4-2-1-3-5-7/h2*1-9,15,18-19H,10H2;2-6,10-11H,1H2;1-6H. The van der Waals surface area contributed by atoms with Crippen molar-refractivity contribution in [2.75, 3.05) is 0 Å². The van der Waals surface area contributed by atoms with Crippen LogP contribution in [0.3, 0.4) is 0 Å². The van der Waals surface area contributed by atoms with E-state index in [2.05, 4.69) is 16.9 Å². The molecule has 296 valence electrons. The van der Waals surface area contributed by atoms with E-state index in [4.69, 9.17) is 39.8 Å². The second-order valence-corrected chi connectivity index (χ2v) is 13.3. The van der Waals surface area contributed by atoms with E-state index < -0.39 is 21.4 Å². The van der Waals surface area contributed by atoms with E-state index in [1.165, 1.54) is 0 Å². The Balaban J connectivity index is 0.000000159. The summed E-state index contributed by atoms with van der Waals surface area (Å²) >= 11 is 0. The second kappa shape index (κ2) is 22.5. The van der Waals surface area contributed by atoms with Crippen LogP contribution in [0.5, 0.6) is 0 Å². The van der Waals surface area contributed by atoms with Crippen LogP contribution in [0.4, 0.5) is 0 Å². The van der Waals surface area contributed by atoms with Gasteiger partial charge in [-0.3, -0.25) is 4.79 Å². The molecule has 6 N–H and O–H groups in total. The second-order valence-electron chi connectivity index (χ2n) is 13.3. The maximum Gasteiger partial charge on any atom is 0.488 e. The van der Waals surface area contributed by atoms with Crippen LogP contribution >= 0.6 is 0 Å². The monoisotopic (exact) mass is 788 g/mol. The summed E-state index contributed by atoms with van der Waals surface area (Å²) in [7, 11) is -4.26. The van der Waals surface area contributed by atoms with Crippen molar-refractivity contribution in [3.05, 3.63) is 204 Å². The quantitative estimate of drug-likeness (QED) is 0.0934. The lowest BCUT2D eigenvalue weighted by Crippen LogP contribution is -2.29. The van der Waals surface area contributed by atoms with Gasteiger partial charge in [0.25, 0.3) is 0 Å². The van der Waals surface area contributed by atoms with Crippen LogP contribution in [0.1, 0.15) is 63.2 Å². The first-order chi connectivity index (χ1) is 28.6. The highest BCUT2D eigenvalue weighted by Crippen LogP contribution is 2.30. The zero-order valence-electron chi connectivity index (χ0n) is 32.1. The van der Waals surface area contributed by atoms with Gasteiger partial charge in [0.15, 0.2) is 12.2 Å². The summed E-state index contributed by atoms with van der Waals surface area (Å²) in [6.45, 7) is 3.58. The molecule has 0 radical (unpaired) electrons. The molecule has 14 heteroatoms. The molecule has 11 nitrogen and oxygen atoms in total. The SMILES string of the molecule is C=Cc1ccc(B(O)O)cc1.O=Cc1ccccc1.OB(O)c1ccc(C2CC(c3ccccc3)=NO2)cc1.OB(O)c1ccc(C2CC(c3ccccc3)=NO2)cc1. The van der Waals surface area contributed by atoms with Crippen LogP contribution in [-0.2, 0) is 9.68 Å². The summed E-state index contributed by atoms with van der Waals surface area (Å²) in [5, 5.41) is 62.0. The summed E-state index contributed by atoms with van der Waals surface area (Å²) in [5.41, 5.74) is 9.08. The minimum Gasteiger partial charge on any atom is -0.423 e. The van der Waals surface area contributed by atoms with Gasteiger partial charge in [-0.2, -0.15) is 0 Å². The van der Waals surface area contributed by atoms with Gasteiger partial charge in [0, 0.05) is 18.4 Å². The molecule has 0 bridgehead atoms. The lowest BCUT2D eigenvalue weighted by molar-refractivity contribution is 0.0857. The first-order valence-electron chi connectivity index (χ1n) is 18.7. The highest BCUT2D eigenvalue weighted by molar-refractivity contribution is 6.59. The summed E-state index contributed by atoms with van der Waals surface area (Å²) in [5.74, 6) is 0. The van der Waals surface area contributed by atoms with Crippen LogP contribution in [0.15, 0.2) is 181 Å². The van der Waals surface area contributed by atoms with Crippen molar-refractivity contribution in [1.82, 2.24) is 0 Å². The number of carbonyl (C=O) groups excluding carboxylic acids is 1. The van der Waals surface area contributed by atoms with E-state index in [-0.39, 0.29) is 12.2 Å².